The molecule has 1 unspecified atom stereocenters. The SMILES string of the molecule is CC/C=C\C/C=C\C/C=C\C/C=C\CCCCCCCCCCCCC(=O)OC(CCCCCCC)CCCCCCC(=O)NCC(=O)O. The molecule has 0 spiro atoms. The Labute approximate surface area is 301 Å². The van der Waals surface area contributed by atoms with Gasteiger partial charge < -0.3 is 15.2 Å². The van der Waals surface area contributed by atoms with Crippen molar-refractivity contribution in [2.45, 2.75) is 200 Å². The summed E-state index contributed by atoms with van der Waals surface area (Å²) in [4.78, 5) is 34.8. The quantitative estimate of drug-likeness (QED) is 0.0389. The average molecular weight is 686 g/mol. The topological polar surface area (TPSA) is 92.7 Å². The van der Waals surface area contributed by atoms with Gasteiger partial charge in [-0.05, 0) is 77.0 Å². The molecule has 0 aromatic rings. The molecule has 282 valence electrons. The molecule has 0 heterocycles. The van der Waals surface area contributed by atoms with Crippen LogP contribution in [-0.2, 0) is 19.1 Å². The Morgan fingerprint density at radius 1 is 0.551 bits per heavy atom. The highest BCUT2D eigenvalue weighted by atomic mass is 16.5. The highest BCUT2D eigenvalue weighted by Crippen LogP contribution is 2.18. The summed E-state index contributed by atoms with van der Waals surface area (Å²) in [7, 11) is 0. The molecule has 1 atom stereocenters. The number of esters is 1. The van der Waals surface area contributed by atoms with Crippen molar-refractivity contribution in [3.05, 3.63) is 48.6 Å². The molecule has 1 amide bonds. The van der Waals surface area contributed by atoms with Crippen molar-refractivity contribution >= 4 is 17.8 Å². The van der Waals surface area contributed by atoms with Crippen LogP contribution in [0.5, 0.6) is 0 Å². The molecule has 0 radical (unpaired) electrons. The first-order chi connectivity index (χ1) is 24.0. The van der Waals surface area contributed by atoms with Crippen molar-refractivity contribution in [2.75, 3.05) is 6.54 Å². The molecule has 6 nitrogen and oxygen atoms in total. The maximum atomic E-state index is 12.6. The van der Waals surface area contributed by atoms with Crippen LogP contribution in [0.4, 0.5) is 0 Å². The standard InChI is InChI=1S/C43H75NO5/c1-3-5-7-9-10-11-12-13-14-15-16-17-18-19-20-21-22-23-24-25-26-28-34-38-43(48)49-40(35-31-27-8-6-4-2)36-32-29-30-33-37-41(45)44-39-42(46)47/h5,7,10-11,13-14,16-17,40H,3-4,6,8-9,12,15,18-39H2,1-2H3,(H,44,45)(H,46,47)/b7-5-,11-10-,14-13-,17-16-. The van der Waals surface area contributed by atoms with Gasteiger partial charge in [0.15, 0.2) is 0 Å². The first-order valence-electron chi connectivity index (χ1n) is 20.3. The Morgan fingerprint density at radius 3 is 1.53 bits per heavy atom. The molecular formula is C43H75NO5. The summed E-state index contributed by atoms with van der Waals surface area (Å²) in [5, 5.41) is 11.1. The number of carbonyl (C=O) groups is 3. The van der Waals surface area contributed by atoms with E-state index in [1.54, 1.807) is 0 Å². The Morgan fingerprint density at radius 2 is 1.00 bits per heavy atom. The molecule has 0 saturated carbocycles. The number of amides is 1. The molecule has 0 aromatic heterocycles. The number of hydrogen-bond acceptors (Lipinski definition) is 4. The van der Waals surface area contributed by atoms with Crippen molar-refractivity contribution in [1.82, 2.24) is 5.32 Å². The number of hydrogen-bond donors (Lipinski definition) is 2. The van der Waals surface area contributed by atoms with E-state index in [4.69, 9.17) is 9.84 Å². The molecule has 6 heteroatoms. The fourth-order valence-electron chi connectivity index (χ4n) is 5.80. The molecule has 49 heavy (non-hydrogen) atoms. The van der Waals surface area contributed by atoms with Gasteiger partial charge in [-0.3, -0.25) is 14.4 Å². The predicted molar refractivity (Wildman–Crippen MR) is 208 cm³/mol. The van der Waals surface area contributed by atoms with Gasteiger partial charge in [0.1, 0.15) is 12.6 Å². The molecule has 0 aromatic carbocycles. The fourth-order valence-corrected chi connectivity index (χ4v) is 5.80. The Bertz CT molecular complexity index is 891. The molecule has 0 saturated heterocycles. The van der Waals surface area contributed by atoms with E-state index in [1.165, 1.54) is 83.5 Å². The van der Waals surface area contributed by atoms with E-state index >= 15 is 0 Å². The zero-order valence-electron chi connectivity index (χ0n) is 31.8. The first-order valence-corrected chi connectivity index (χ1v) is 20.3. The normalized spacial score (nSPS) is 12.5. The van der Waals surface area contributed by atoms with Gasteiger partial charge in [-0.15, -0.1) is 0 Å². The van der Waals surface area contributed by atoms with Gasteiger partial charge in [0.05, 0.1) is 0 Å². The summed E-state index contributed by atoms with van der Waals surface area (Å²) in [5.74, 6) is -1.27. The lowest BCUT2D eigenvalue weighted by molar-refractivity contribution is -0.150. The Hall–Kier alpha value is -2.63. The minimum atomic E-state index is -1.02. The van der Waals surface area contributed by atoms with Crippen LogP contribution in [-0.4, -0.2) is 35.6 Å². The van der Waals surface area contributed by atoms with Crippen molar-refractivity contribution in [3.8, 4) is 0 Å². The van der Waals surface area contributed by atoms with Gasteiger partial charge in [-0.2, -0.15) is 0 Å². The van der Waals surface area contributed by atoms with Crippen LogP contribution in [0.15, 0.2) is 48.6 Å². The highest BCUT2D eigenvalue weighted by Gasteiger charge is 2.14. The maximum absolute atomic E-state index is 12.6. The van der Waals surface area contributed by atoms with Gasteiger partial charge in [-0.25, -0.2) is 0 Å². The van der Waals surface area contributed by atoms with Crippen LogP contribution < -0.4 is 5.32 Å². The third kappa shape index (κ3) is 38.0. The lowest BCUT2D eigenvalue weighted by atomic mass is 10.0. The fraction of sp³-hybridized carbons (Fsp3) is 0.744. The summed E-state index contributed by atoms with van der Waals surface area (Å²) in [6, 6.07) is 0. The largest absolute Gasteiger partial charge is 0.480 e. The van der Waals surface area contributed by atoms with Crippen molar-refractivity contribution in [2.24, 2.45) is 0 Å². The highest BCUT2D eigenvalue weighted by molar-refractivity contribution is 5.80. The summed E-state index contributed by atoms with van der Waals surface area (Å²) < 4.78 is 5.94. The second kappa shape index (κ2) is 38.2. The van der Waals surface area contributed by atoms with Gasteiger partial charge in [0.2, 0.25) is 5.91 Å². The number of carboxylic acid groups (broad SMARTS) is 1. The number of nitrogens with one attached hydrogen (secondary N) is 1. The summed E-state index contributed by atoms with van der Waals surface area (Å²) in [6.45, 7) is 4.06. The number of allylic oxidation sites excluding steroid dienone is 8. The number of unbranched alkanes of at least 4 members (excludes halogenated alkanes) is 17. The van der Waals surface area contributed by atoms with Crippen LogP contribution in [0, 0.1) is 0 Å². The van der Waals surface area contributed by atoms with E-state index in [0.717, 1.165) is 83.5 Å². The van der Waals surface area contributed by atoms with Crippen LogP contribution >= 0.6 is 0 Å². The number of rotatable bonds is 36. The monoisotopic (exact) mass is 686 g/mol. The zero-order valence-corrected chi connectivity index (χ0v) is 31.8. The zero-order chi connectivity index (χ0) is 35.9. The minimum absolute atomic E-state index is 0.00177. The van der Waals surface area contributed by atoms with Crippen molar-refractivity contribution < 1.29 is 24.2 Å². The molecule has 0 aliphatic carbocycles. The van der Waals surface area contributed by atoms with Crippen LogP contribution in [0.1, 0.15) is 194 Å². The number of carboxylic acids is 1. The Balaban J connectivity index is 3.84. The van der Waals surface area contributed by atoms with Gasteiger partial charge in [-0.1, -0.05) is 152 Å². The van der Waals surface area contributed by atoms with E-state index in [0.29, 0.717) is 12.8 Å². The first kappa shape index (κ1) is 46.4. The molecule has 0 aliphatic heterocycles. The molecular weight excluding hydrogens is 610 g/mol. The third-order valence-electron chi connectivity index (χ3n) is 8.77. The van der Waals surface area contributed by atoms with Crippen LogP contribution in [0.25, 0.3) is 0 Å². The number of aliphatic carboxylic acids is 1. The number of carbonyl (C=O) groups excluding carboxylic acids is 2. The van der Waals surface area contributed by atoms with E-state index in [1.807, 2.05) is 0 Å². The van der Waals surface area contributed by atoms with Crippen LogP contribution in [0.3, 0.4) is 0 Å². The second-order valence-electron chi connectivity index (χ2n) is 13.5. The van der Waals surface area contributed by atoms with Gasteiger partial charge in [0, 0.05) is 12.8 Å². The smallest absolute Gasteiger partial charge is 0.322 e. The molecule has 0 aliphatic rings. The number of ether oxygens (including phenoxy) is 1. The predicted octanol–water partition coefficient (Wildman–Crippen LogP) is 12.3. The van der Waals surface area contributed by atoms with Gasteiger partial charge in [0.25, 0.3) is 0 Å². The third-order valence-corrected chi connectivity index (χ3v) is 8.77. The van der Waals surface area contributed by atoms with Crippen molar-refractivity contribution in [3.63, 3.8) is 0 Å². The van der Waals surface area contributed by atoms with Gasteiger partial charge >= 0.3 is 11.9 Å². The van der Waals surface area contributed by atoms with E-state index in [9.17, 15) is 14.4 Å². The maximum Gasteiger partial charge on any atom is 0.322 e. The lowest BCUT2D eigenvalue weighted by Crippen LogP contribution is -2.28. The molecule has 0 bridgehead atoms. The molecule has 2 N–H and O–H groups in total. The summed E-state index contributed by atoms with van der Waals surface area (Å²) >= 11 is 0. The van der Waals surface area contributed by atoms with E-state index < -0.39 is 5.97 Å². The molecule has 0 rings (SSSR count). The van der Waals surface area contributed by atoms with E-state index in [2.05, 4.69) is 67.8 Å². The van der Waals surface area contributed by atoms with Crippen molar-refractivity contribution in [1.29, 1.82) is 0 Å². The average Bonchev–Trinajstić information content (AvgIpc) is 3.08. The summed E-state index contributed by atoms with van der Waals surface area (Å²) in [6.07, 6.45) is 48.2. The minimum Gasteiger partial charge on any atom is -0.480 e. The Kier molecular flexibility index (Phi) is 36.1. The molecule has 0 fully saturated rings. The van der Waals surface area contributed by atoms with E-state index in [-0.39, 0.29) is 24.5 Å². The lowest BCUT2D eigenvalue weighted by Gasteiger charge is -2.18. The summed E-state index contributed by atoms with van der Waals surface area (Å²) in [5.41, 5.74) is 0. The second-order valence-corrected chi connectivity index (χ2v) is 13.5. The van der Waals surface area contributed by atoms with Crippen LogP contribution in [0.2, 0.25) is 0 Å².